The Kier molecular flexibility index (Phi) is 5.10. The van der Waals surface area contributed by atoms with Crippen molar-refractivity contribution < 1.29 is 14.8 Å². The maximum atomic E-state index is 12.1. The molecule has 0 aliphatic carbocycles. The number of fused-ring (bicyclic) bond motifs is 1. The SMILES string of the molecule is Cn1c(=O)[nH]c(=O)c2c1nc(Br)n2C[C@@H](O)COc1ccc([N+](=O)[O-])cc1. The number of aromatic nitrogens is 4. The first-order valence-electron chi connectivity index (χ1n) is 7.68. The van der Waals surface area contributed by atoms with Crippen LogP contribution >= 0.6 is 15.9 Å². The molecule has 0 fully saturated rings. The molecule has 0 bridgehead atoms. The molecular weight excluding hydrogens is 426 g/mol. The van der Waals surface area contributed by atoms with Gasteiger partial charge in [0.2, 0.25) is 0 Å². The third-order valence-electron chi connectivity index (χ3n) is 3.84. The van der Waals surface area contributed by atoms with Gasteiger partial charge in [-0.05, 0) is 28.1 Å². The maximum absolute atomic E-state index is 12.1. The van der Waals surface area contributed by atoms with Gasteiger partial charge in [-0.15, -0.1) is 0 Å². The van der Waals surface area contributed by atoms with Gasteiger partial charge in [0.05, 0.1) is 11.5 Å². The fourth-order valence-electron chi connectivity index (χ4n) is 2.49. The third-order valence-corrected chi connectivity index (χ3v) is 4.45. The number of nitrogens with one attached hydrogen (secondary N) is 1. The molecular formula is C15H14BrN5O6. The highest BCUT2D eigenvalue weighted by Gasteiger charge is 2.18. The summed E-state index contributed by atoms with van der Waals surface area (Å²) >= 11 is 3.22. The molecule has 2 N–H and O–H groups in total. The summed E-state index contributed by atoms with van der Waals surface area (Å²) in [5.41, 5.74) is -0.958. The summed E-state index contributed by atoms with van der Waals surface area (Å²) < 4.78 is 8.31. The maximum Gasteiger partial charge on any atom is 0.329 e. The summed E-state index contributed by atoms with van der Waals surface area (Å²) in [6.45, 7) is -0.140. The van der Waals surface area contributed by atoms with E-state index in [0.717, 1.165) is 0 Å². The smallest absolute Gasteiger partial charge is 0.329 e. The Balaban J connectivity index is 1.76. The Bertz CT molecular complexity index is 1120. The molecule has 3 rings (SSSR count). The zero-order valence-corrected chi connectivity index (χ0v) is 15.5. The number of nitrogens with zero attached hydrogens (tertiary/aromatic N) is 4. The number of aliphatic hydroxyl groups excluding tert-OH is 1. The Morgan fingerprint density at radius 3 is 2.67 bits per heavy atom. The van der Waals surface area contributed by atoms with Gasteiger partial charge < -0.3 is 14.4 Å². The first-order chi connectivity index (χ1) is 12.8. The molecule has 11 nitrogen and oxygen atoms in total. The van der Waals surface area contributed by atoms with Gasteiger partial charge in [0, 0.05) is 19.2 Å². The molecule has 0 spiro atoms. The lowest BCUT2D eigenvalue weighted by Crippen LogP contribution is -2.30. The minimum atomic E-state index is -1.01. The van der Waals surface area contributed by atoms with Gasteiger partial charge in [0.25, 0.3) is 11.2 Å². The first-order valence-corrected chi connectivity index (χ1v) is 8.47. The van der Waals surface area contributed by atoms with Crippen molar-refractivity contribution in [2.45, 2.75) is 12.6 Å². The van der Waals surface area contributed by atoms with E-state index in [-0.39, 0.29) is 34.7 Å². The number of non-ortho nitro benzene ring substituents is 1. The normalized spacial score (nSPS) is 12.3. The molecule has 2 heterocycles. The van der Waals surface area contributed by atoms with Crippen LogP contribution in [0.1, 0.15) is 0 Å². The fourth-order valence-corrected chi connectivity index (χ4v) is 2.98. The monoisotopic (exact) mass is 439 g/mol. The van der Waals surface area contributed by atoms with Crippen LogP contribution in [0, 0.1) is 10.1 Å². The van der Waals surface area contributed by atoms with Crippen LogP contribution < -0.4 is 16.0 Å². The molecule has 0 amide bonds. The van der Waals surface area contributed by atoms with Crippen LogP contribution in [0.3, 0.4) is 0 Å². The number of aromatic amines is 1. The summed E-state index contributed by atoms with van der Waals surface area (Å²) in [4.78, 5) is 40.2. The highest BCUT2D eigenvalue weighted by atomic mass is 79.9. The molecule has 0 saturated carbocycles. The van der Waals surface area contributed by atoms with Gasteiger partial charge in [0.15, 0.2) is 15.9 Å². The third kappa shape index (κ3) is 3.75. The standard InChI is InChI=1S/C15H14BrN5O6/c1-19-12-11(13(23)18-15(19)24)20(14(16)17-12)6-9(22)7-27-10-4-2-8(3-5-10)21(25)26/h2-5,9,22H,6-7H2,1H3,(H,18,23,24)/t9-/m1/s1. The number of hydrogen-bond acceptors (Lipinski definition) is 7. The van der Waals surface area contributed by atoms with Gasteiger partial charge >= 0.3 is 5.69 Å². The number of halogens is 1. The van der Waals surface area contributed by atoms with Crippen LogP contribution in [0.4, 0.5) is 5.69 Å². The molecule has 0 aliphatic rings. The molecule has 1 aromatic carbocycles. The topological polar surface area (TPSA) is 145 Å². The number of imidazole rings is 1. The zero-order valence-electron chi connectivity index (χ0n) is 14.0. The second-order valence-electron chi connectivity index (χ2n) is 5.70. The minimum absolute atomic E-state index is 0.0225. The average molecular weight is 440 g/mol. The second-order valence-corrected chi connectivity index (χ2v) is 6.41. The summed E-state index contributed by atoms with van der Waals surface area (Å²) in [6.07, 6.45) is -1.01. The summed E-state index contributed by atoms with van der Waals surface area (Å²) in [7, 11) is 1.47. The highest BCUT2D eigenvalue weighted by Crippen LogP contribution is 2.19. The largest absolute Gasteiger partial charge is 0.491 e. The van der Waals surface area contributed by atoms with Crippen LogP contribution in [0.25, 0.3) is 11.2 Å². The van der Waals surface area contributed by atoms with Gasteiger partial charge in [-0.25, -0.2) is 9.78 Å². The zero-order chi connectivity index (χ0) is 19.7. The Hall–Kier alpha value is -2.99. The van der Waals surface area contributed by atoms with E-state index >= 15 is 0 Å². The number of aryl methyl sites for hydroxylation is 1. The van der Waals surface area contributed by atoms with Crippen molar-refractivity contribution >= 4 is 32.8 Å². The molecule has 0 unspecified atom stereocenters. The Morgan fingerprint density at radius 2 is 2.04 bits per heavy atom. The predicted molar refractivity (Wildman–Crippen MR) is 97.9 cm³/mol. The molecule has 3 aromatic rings. The van der Waals surface area contributed by atoms with E-state index in [4.69, 9.17) is 4.74 Å². The van der Waals surface area contributed by atoms with Crippen molar-refractivity contribution in [3.8, 4) is 5.75 Å². The van der Waals surface area contributed by atoms with E-state index < -0.39 is 22.3 Å². The lowest BCUT2D eigenvalue weighted by molar-refractivity contribution is -0.384. The van der Waals surface area contributed by atoms with E-state index in [1.807, 2.05) is 0 Å². The summed E-state index contributed by atoms with van der Waals surface area (Å²) in [6, 6.07) is 5.44. The average Bonchev–Trinajstić information content (AvgIpc) is 2.95. The first kappa shape index (κ1) is 18.8. The van der Waals surface area contributed by atoms with E-state index in [0.29, 0.717) is 5.75 Å². The number of hydrogen-bond donors (Lipinski definition) is 2. The van der Waals surface area contributed by atoms with Crippen LogP contribution in [0.5, 0.6) is 5.75 Å². The van der Waals surface area contributed by atoms with Gasteiger partial charge in [-0.2, -0.15) is 0 Å². The quantitative estimate of drug-likeness (QED) is 0.323. The molecule has 0 saturated heterocycles. The Labute approximate surface area is 159 Å². The van der Waals surface area contributed by atoms with Crippen molar-refractivity contribution in [1.82, 2.24) is 19.1 Å². The van der Waals surface area contributed by atoms with Crippen molar-refractivity contribution in [1.29, 1.82) is 0 Å². The molecule has 0 radical (unpaired) electrons. The molecule has 12 heteroatoms. The van der Waals surface area contributed by atoms with Crippen LogP contribution in [0.15, 0.2) is 38.6 Å². The molecule has 142 valence electrons. The summed E-state index contributed by atoms with van der Waals surface area (Å²) in [5.74, 6) is 0.356. The van der Waals surface area contributed by atoms with Crippen LogP contribution in [0.2, 0.25) is 0 Å². The molecule has 27 heavy (non-hydrogen) atoms. The van der Waals surface area contributed by atoms with E-state index in [1.54, 1.807) is 0 Å². The fraction of sp³-hybridized carbons (Fsp3) is 0.267. The van der Waals surface area contributed by atoms with Gasteiger partial charge in [-0.3, -0.25) is 24.5 Å². The predicted octanol–water partition coefficient (Wildman–Crippen LogP) is 0.534. The van der Waals surface area contributed by atoms with E-state index in [1.165, 1.54) is 40.4 Å². The van der Waals surface area contributed by atoms with Crippen LogP contribution in [-0.2, 0) is 13.6 Å². The number of H-pyrrole nitrogens is 1. The van der Waals surface area contributed by atoms with Gasteiger partial charge in [-0.1, -0.05) is 0 Å². The van der Waals surface area contributed by atoms with Crippen LogP contribution in [-0.4, -0.2) is 41.8 Å². The number of benzene rings is 1. The van der Waals surface area contributed by atoms with Gasteiger partial charge in [0.1, 0.15) is 18.5 Å². The lowest BCUT2D eigenvalue weighted by atomic mass is 10.3. The number of aliphatic hydroxyl groups is 1. The minimum Gasteiger partial charge on any atom is -0.491 e. The Morgan fingerprint density at radius 1 is 1.37 bits per heavy atom. The summed E-state index contributed by atoms with van der Waals surface area (Å²) in [5, 5.41) is 20.9. The molecule has 2 aromatic heterocycles. The second kappa shape index (κ2) is 7.32. The van der Waals surface area contributed by atoms with Crippen molar-refractivity contribution in [2.75, 3.05) is 6.61 Å². The molecule has 0 aliphatic heterocycles. The number of nitro groups is 1. The van der Waals surface area contributed by atoms with E-state index in [9.17, 15) is 24.8 Å². The lowest BCUT2D eigenvalue weighted by Gasteiger charge is -2.14. The molecule has 1 atom stereocenters. The number of nitro benzene ring substituents is 1. The van der Waals surface area contributed by atoms with Crippen molar-refractivity contribution in [3.05, 3.63) is 60.0 Å². The van der Waals surface area contributed by atoms with Crippen molar-refractivity contribution in [2.24, 2.45) is 7.05 Å². The van der Waals surface area contributed by atoms with Crippen molar-refractivity contribution in [3.63, 3.8) is 0 Å². The number of rotatable bonds is 6. The van der Waals surface area contributed by atoms with E-state index in [2.05, 4.69) is 25.9 Å². The number of ether oxygens (including phenoxy) is 1. The highest BCUT2D eigenvalue weighted by molar-refractivity contribution is 9.10.